The number of Topliss-reactive ketones (excluding diaryl/α,β-unsaturated/α-hetero) is 1. The molecule has 1 aromatic carbocycles. The van der Waals surface area contributed by atoms with Crippen LogP contribution in [0.5, 0.6) is 0 Å². The highest BCUT2D eigenvalue weighted by Crippen LogP contribution is 2.27. The van der Waals surface area contributed by atoms with Gasteiger partial charge >= 0.3 is 0 Å². The number of ketones is 1. The van der Waals surface area contributed by atoms with Crippen LogP contribution in [0.1, 0.15) is 17.3 Å². The van der Waals surface area contributed by atoms with E-state index in [9.17, 15) is 13.2 Å². The lowest BCUT2D eigenvalue weighted by molar-refractivity contribution is 0.101. The van der Waals surface area contributed by atoms with Crippen molar-refractivity contribution in [2.24, 2.45) is 0 Å². The zero-order chi connectivity index (χ0) is 18.9. The highest BCUT2D eigenvalue weighted by atomic mass is 35.5. The quantitative estimate of drug-likeness (QED) is 0.720. The molecule has 6 nitrogen and oxygen atoms in total. The van der Waals surface area contributed by atoms with Crippen LogP contribution in [0, 0.1) is 0 Å². The van der Waals surface area contributed by atoms with Gasteiger partial charge in [-0.05, 0) is 25.1 Å². The summed E-state index contributed by atoms with van der Waals surface area (Å²) in [5.74, 6) is 0.494. The number of carbonyl (C=O) groups excluding carboxylic acids is 1. The molecule has 9 heteroatoms. The van der Waals surface area contributed by atoms with Crippen molar-refractivity contribution < 1.29 is 13.2 Å². The van der Waals surface area contributed by atoms with Crippen molar-refractivity contribution in [3.63, 3.8) is 0 Å². The van der Waals surface area contributed by atoms with E-state index in [1.807, 2.05) is 4.90 Å². The number of pyridine rings is 1. The van der Waals surface area contributed by atoms with E-state index >= 15 is 0 Å². The zero-order valence-corrected chi connectivity index (χ0v) is 16.4. The van der Waals surface area contributed by atoms with Gasteiger partial charge in [0.15, 0.2) is 5.78 Å². The smallest absolute Gasteiger partial charge is 0.243 e. The first-order chi connectivity index (χ1) is 12.3. The average molecular weight is 414 g/mol. The summed E-state index contributed by atoms with van der Waals surface area (Å²) in [5.41, 5.74) is 0.484. The van der Waals surface area contributed by atoms with Gasteiger partial charge in [-0.15, -0.1) is 0 Å². The normalized spacial score (nSPS) is 15.9. The monoisotopic (exact) mass is 413 g/mol. The van der Waals surface area contributed by atoms with Crippen molar-refractivity contribution in [2.45, 2.75) is 11.8 Å². The van der Waals surface area contributed by atoms with Crippen LogP contribution in [-0.4, -0.2) is 49.7 Å². The number of halogens is 2. The molecule has 138 valence electrons. The third-order valence-electron chi connectivity index (χ3n) is 4.23. The number of carbonyl (C=O) groups is 1. The summed E-state index contributed by atoms with van der Waals surface area (Å²) >= 11 is 12.0. The Labute approximate surface area is 162 Å². The van der Waals surface area contributed by atoms with Crippen molar-refractivity contribution >= 4 is 44.8 Å². The summed E-state index contributed by atoms with van der Waals surface area (Å²) in [7, 11) is -3.61. The number of benzene rings is 1. The van der Waals surface area contributed by atoms with Gasteiger partial charge in [-0.2, -0.15) is 4.31 Å². The van der Waals surface area contributed by atoms with Gasteiger partial charge in [0, 0.05) is 37.9 Å². The summed E-state index contributed by atoms with van der Waals surface area (Å²) in [6, 6.07) is 7.61. The molecule has 0 saturated carbocycles. The van der Waals surface area contributed by atoms with Crippen LogP contribution in [0.25, 0.3) is 0 Å². The molecule has 1 aliphatic heterocycles. The van der Waals surface area contributed by atoms with Crippen LogP contribution < -0.4 is 4.90 Å². The molecule has 0 spiro atoms. The topological polar surface area (TPSA) is 70.6 Å². The molecule has 1 aromatic heterocycles. The molecule has 26 heavy (non-hydrogen) atoms. The Hall–Kier alpha value is -1.67. The molecule has 0 N–H and O–H groups in total. The lowest BCUT2D eigenvalue weighted by atomic mass is 10.2. The van der Waals surface area contributed by atoms with E-state index in [0.717, 1.165) is 0 Å². The van der Waals surface area contributed by atoms with Gasteiger partial charge in [0.05, 0.1) is 14.9 Å². The second-order valence-corrected chi connectivity index (χ2v) is 8.71. The van der Waals surface area contributed by atoms with E-state index < -0.39 is 10.0 Å². The molecule has 1 saturated heterocycles. The third kappa shape index (κ3) is 3.86. The van der Waals surface area contributed by atoms with Gasteiger partial charge in [0.25, 0.3) is 0 Å². The molecule has 1 fully saturated rings. The third-order valence-corrected chi connectivity index (χ3v) is 6.62. The first kappa shape index (κ1) is 19.1. The first-order valence-electron chi connectivity index (χ1n) is 7.96. The number of sulfonamides is 1. The van der Waals surface area contributed by atoms with Crippen LogP contribution in [0.3, 0.4) is 0 Å². The minimum absolute atomic E-state index is 0.102. The van der Waals surface area contributed by atoms with Gasteiger partial charge in [0.1, 0.15) is 5.82 Å². The summed E-state index contributed by atoms with van der Waals surface area (Å²) in [6.07, 6.45) is 1.52. The van der Waals surface area contributed by atoms with Crippen molar-refractivity contribution in [2.75, 3.05) is 31.1 Å². The maximum atomic E-state index is 12.8. The number of aromatic nitrogens is 1. The Kier molecular flexibility index (Phi) is 5.53. The fourth-order valence-electron chi connectivity index (χ4n) is 2.79. The summed E-state index contributed by atoms with van der Waals surface area (Å²) < 4.78 is 27.0. The van der Waals surface area contributed by atoms with Crippen LogP contribution in [0.15, 0.2) is 41.4 Å². The average Bonchev–Trinajstić information content (AvgIpc) is 2.62. The van der Waals surface area contributed by atoms with Gasteiger partial charge in [-0.3, -0.25) is 4.79 Å². The first-order valence-corrected chi connectivity index (χ1v) is 10.2. The maximum Gasteiger partial charge on any atom is 0.243 e. The molecule has 2 aromatic rings. The molecule has 3 rings (SSSR count). The molecule has 0 bridgehead atoms. The number of hydrogen-bond donors (Lipinski definition) is 0. The van der Waals surface area contributed by atoms with Crippen LogP contribution in [-0.2, 0) is 10.0 Å². The van der Waals surface area contributed by atoms with Crippen LogP contribution >= 0.6 is 23.2 Å². The van der Waals surface area contributed by atoms with Crippen LogP contribution in [0.2, 0.25) is 10.0 Å². The minimum Gasteiger partial charge on any atom is -0.353 e. The number of hydrogen-bond acceptors (Lipinski definition) is 5. The van der Waals surface area contributed by atoms with Crippen molar-refractivity contribution in [3.8, 4) is 0 Å². The van der Waals surface area contributed by atoms with Crippen molar-refractivity contribution in [1.82, 2.24) is 9.29 Å². The summed E-state index contributed by atoms with van der Waals surface area (Å²) in [6.45, 7) is 3.02. The Balaban J connectivity index is 1.73. The van der Waals surface area contributed by atoms with Crippen molar-refractivity contribution in [3.05, 3.63) is 52.1 Å². The number of rotatable bonds is 4. The predicted molar refractivity (Wildman–Crippen MR) is 102 cm³/mol. The van der Waals surface area contributed by atoms with Gasteiger partial charge in [-0.25, -0.2) is 13.4 Å². The molecular weight excluding hydrogens is 397 g/mol. The fourth-order valence-corrected chi connectivity index (χ4v) is 4.71. The standard InChI is InChI=1S/C17H17Cl2N3O3S/c1-12(23)13-2-4-15(5-3-13)26(24,25)22-8-6-21(7-9-22)17-16(19)10-14(18)11-20-17/h2-5,10-11H,6-9H2,1H3. The molecule has 0 aliphatic carbocycles. The van der Waals surface area contributed by atoms with Crippen molar-refractivity contribution in [1.29, 1.82) is 0 Å². The molecule has 0 atom stereocenters. The molecule has 0 radical (unpaired) electrons. The fraction of sp³-hybridized carbons (Fsp3) is 0.294. The molecule has 2 heterocycles. The lowest BCUT2D eigenvalue weighted by Gasteiger charge is -2.35. The molecular formula is C17H17Cl2N3O3S. The van der Waals surface area contributed by atoms with Gasteiger partial charge < -0.3 is 4.90 Å². The summed E-state index contributed by atoms with van der Waals surface area (Å²) in [4.78, 5) is 17.7. The van der Waals surface area contributed by atoms with E-state index in [4.69, 9.17) is 23.2 Å². The number of nitrogens with zero attached hydrogens (tertiary/aromatic N) is 3. The van der Waals surface area contributed by atoms with Gasteiger partial charge in [0.2, 0.25) is 10.0 Å². The summed E-state index contributed by atoms with van der Waals surface area (Å²) in [5, 5.41) is 0.891. The Bertz CT molecular complexity index is 925. The highest BCUT2D eigenvalue weighted by Gasteiger charge is 2.29. The van der Waals surface area contributed by atoms with Gasteiger partial charge in [-0.1, -0.05) is 35.3 Å². The second kappa shape index (κ2) is 7.52. The Morgan fingerprint density at radius 1 is 1.08 bits per heavy atom. The highest BCUT2D eigenvalue weighted by molar-refractivity contribution is 7.89. The molecule has 1 aliphatic rings. The van der Waals surface area contributed by atoms with Crippen LogP contribution in [0.4, 0.5) is 5.82 Å². The van der Waals surface area contributed by atoms with E-state index in [-0.39, 0.29) is 10.7 Å². The maximum absolute atomic E-state index is 12.8. The SMILES string of the molecule is CC(=O)c1ccc(S(=O)(=O)N2CCN(c3ncc(Cl)cc3Cl)CC2)cc1. The van der Waals surface area contributed by atoms with E-state index in [1.165, 1.54) is 41.7 Å². The van der Waals surface area contributed by atoms with E-state index in [0.29, 0.717) is 47.6 Å². The second-order valence-electron chi connectivity index (χ2n) is 5.93. The number of piperazine rings is 1. The van der Waals surface area contributed by atoms with E-state index in [2.05, 4.69) is 4.98 Å². The lowest BCUT2D eigenvalue weighted by Crippen LogP contribution is -2.49. The Morgan fingerprint density at radius 3 is 2.23 bits per heavy atom. The number of anilines is 1. The Morgan fingerprint density at radius 2 is 1.69 bits per heavy atom. The largest absolute Gasteiger partial charge is 0.353 e. The zero-order valence-electron chi connectivity index (χ0n) is 14.0. The molecule has 0 amide bonds. The minimum atomic E-state index is -3.61. The molecule has 0 unspecified atom stereocenters. The van der Waals surface area contributed by atoms with E-state index in [1.54, 1.807) is 6.07 Å². The predicted octanol–water partition coefficient (Wildman–Crippen LogP) is 3.10.